The van der Waals surface area contributed by atoms with Gasteiger partial charge in [0.1, 0.15) is 0 Å². The first-order valence-electron chi connectivity index (χ1n) is 6.08. The quantitative estimate of drug-likeness (QED) is 0.909. The lowest BCUT2D eigenvalue weighted by molar-refractivity contribution is 0.379. The normalized spacial score (nSPS) is 11.1. The van der Waals surface area contributed by atoms with Crippen LogP contribution in [-0.4, -0.2) is 19.6 Å². The Labute approximate surface area is 118 Å². The summed E-state index contributed by atoms with van der Waals surface area (Å²) in [6.07, 6.45) is 0. The number of halogens is 1. The van der Waals surface area contributed by atoms with Gasteiger partial charge in [0.05, 0.1) is 17.3 Å². The van der Waals surface area contributed by atoms with Gasteiger partial charge in [-0.05, 0) is 53.0 Å². The van der Waals surface area contributed by atoms with Crippen molar-refractivity contribution in [1.29, 1.82) is 5.26 Å². The van der Waals surface area contributed by atoms with Crippen molar-refractivity contribution in [3.63, 3.8) is 0 Å². The first-order chi connectivity index (χ1) is 8.43. The Bertz CT molecular complexity index is 449. The van der Waals surface area contributed by atoms with E-state index < -0.39 is 0 Å². The van der Waals surface area contributed by atoms with Crippen molar-refractivity contribution >= 4 is 21.6 Å². The predicted octanol–water partition coefficient (Wildman–Crippen LogP) is 3.13. The van der Waals surface area contributed by atoms with Crippen LogP contribution < -0.4 is 10.6 Å². The Kier molecular flexibility index (Phi) is 5.18. The molecule has 0 aliphatic carbocycles. The van der Waals surface area contributed by atoms with Gasteiger partial charge >= 0.3 is 0 Å². The highest BCUT2D eigenvalue weighted by atomic mass is 79.9. The van der Waals surface area contributed by atoms with Crippen LogP contribution in [-0.2, 0) is 0 Å². The molecule has 0 unspecified atom stereocenters. The van der Waals surface area contributed by atoms with Crippen molar-refractivity contribution in [2.24, 2.45) is 11.1 Å². The van der Waals surface area contributed by atoms with Gasteiger partial charge in [-0.2, -0.15) is 5.26 Å². The lowest BCUT2D eigenvalue weighted by atomic mass is 9.93. The van der Waals surface area contributed by atoms with Crippen LogP contribution in [0.15, 0.2) is 22.7 Å². The highest BCUT2D eigenvalue weighted by Gasteiger charge is 2.20. The summed E-state index contributed by atoms with van der Waals surface area (Å²) in [6, 6.07) is 7.83. The van der Waals surface area contributed by atoms with Gasteiger partial charge in [0, 0.05) is 17.6 Å². The zero-order valence-corrected chi connectivity index (χ0v) is 12.8. The monoisotopic (exact) mass is 309 g/mol. The first kappa shape index (κ1) is 15.0. The zero-order valence-electron chi connectivity index (χ0n) is 11.2. The highest BCUT2D eigenvalue weighted by molar-refractivity contribution is 9.10. The van der Waals surface area contributed by atoms with Crippen LogP contribution in [0.2, 0.25) is 0 Å². The van der Waals surface area contributed by atoms with Gasteiger partial charge in [-0.3, -0.25) is 0 Å². The molecule has 1 aromatic carbocycles. The van der Waals surface area contributed by atoms with E-state index in [4.69, 9.17) is 11.0 Å². The molecule has 18 heavy (non-hydrogen) atoms. The Balaban J connectivity index is 3.00. The van der Waals surface area contributed by atoms with E-state index in [-0.39, 0.29) is 5.41 Å². The van der Waals surface area contributed by atoms with Crippen LogP contribution >= 0.6 is 15.9 Å². The molecule has 1 aromatic rings. The maximum atomic E-state index is 8.87. The van der Waals surface area contributed by atoms with E-state index in [9.17, 15) is 0 Å². The summed E-state index contributed by atoms with van der Waals surface area (Å²) in [7, 11) is 0. The van der Waals surface area contributed by atoms with Crippen LogP contribution in [0.25, 0.3) is 0 Å². The Morgan fingerprint density at radius 1 is 1.44 bits per heavy atom. The Hall–Kier alpha value is -1.05. The summed E-state index contributed by atoms with van der Waals surface area (Å²) in [5, 5.41) is 8.87. The van der Waals surface area contributed by atoms with E-state index in [1.165, 1.54) is 0 Å². The van der Waals surface area contributed by atoms with Crippen molar-refractivity contribution in [3.8, 4) is 6.07 Å². The molecular weight excluding hydrogens is 290 g/mol. The van der Waals surface area contributed by atoms with E-state index in [0.717, 1.165) is 23.2 Å². The number of nitrogens with two attached hydrogens (primary N) is 1. The molecule has 0 aliphatic heterocycles. The SMILES string of the molecule is CCN(CC(C)(C)CN)c1ccc(C#N)cc1Br. The fraction of sp³-hybridized carbons (Fsp3) is 0.500. The molecule has 0 radical (unpaired) electrons. The van der Waals surface area contributed by atoms with E-state index in [1.54, 1.807) is 0 Å². The summed E-state index contributed by atoms with van der Waals surface area (Å²) in [6.45, 7) is 8.90. The predicted molar refractivity (Wildman–Crippen MR) is 79.6 cm³/mol. The molecule has 0 saturated heterocycles. The highest BCUT2D eigenvalue weighted by Crippen LogP contribution is 2.29. The van der Waals surface area contributed by atoms with Gasteiger partial charge in [0.2, 0.25) is 0 Å². The second kappa shape index (κ2) is 6.21. The number of hydrogen-bond acceptors (Lipinski definition) is 3. The average Bonchev–Trinajstić information content (AvgIpc) is 2.36. The van der Waals surface area contributed by atoms with Crippen LogP contribution in [0, 0.1) is 16.7 Å². The van der Waals surface area contributed by atoms with E-state index >= 15 is 0 Å². The maximum Gasteiger partial charge on any atom is 0.0992 e. The van der Waals surface area contributed by atoms with Crippen molar-refractivity contribution < 1.29 is 0 Å². The first-order valence-corrected chi connectivity index (χ1v) is 6.87. The molecule has 0 amide bonds. The summed E-state index contributed by atoms with van der Waals surface area (Å²) < 4.78 is 0.955. The standard InChI is InChI=1S/C14H20BrN3/c1-4-18(10-14(2,3)9-17)13-6-5-11(8-16)7-12(13)15/h5-7H,4,9-10,17H2,1-3H3. The van der Waals surface area contributed by atoms with E-state index in [2.05, 4.69) is 47.7 Å². The molecule has 0 atom stereocenters. The molecule has 98 valence electrons. The molecule has 0 saturated carbocycles. The Morgan fingerprint density at radius 3 is 2.56 bits per heavy atom. The lowest BCUT2D eigenvalue weighted by Crippen LogP contribution is -2.38. The van der Waals surface area contributed by atoms with Gasteiger partial charge in [-0.1, -0.05) is 13.8 Å². The molecule has 4 heteroatoms. The van der Waals surface area contributed by atoms with Gasteiger partial charge in [-0.25, -0.2) is 0 Å². The van der Waals surface area contributed by atoms with Crippen molar-refractivity contribution in [2.45, 2.75) is 20.8 Å². The number of nitrogens with zero attached hydrogens (tertiary/aromatic N) is 2. The van der Waals surface area contributed by atoms with Crippen LogP contribution in [0.5, 0.6) is 0 Å². The summed E-state index contributed by atoms with van der Waals surface area (Å²) in [5.74, 6) is 0. The minimum absolute atomic E-state index is 0.0728. The third-order valence-electron chi connectivity index (χ3n) is 2.97. The molecule has 2 N–H and O–H groups in total. The van der Waals surface area contributed by atoms with Crippen molar-refractivity contribution in [1.82, 2.24) is 0 Å². The number of anilines is 1. The van der Waals surface area contributed by atoms with Crippen LogP contribution in [0.1, 0.15) is 26.3 Å². The van der Waals surface area contributed by atoms with Crippen molar-refractivity contribution in [3.05, 3.63) is 28.2 Å². The zero-order chi connectivity index (χ0) is 13.8. The fourth-order valence-corrected chi connectivity index (χ4v) is 2.41. The summed E-state index contributed by atoms with van der Waals surface area (Å²) >= 11 is 3.53. The fourth-order valence-electron chi connectivity index (χ4n) is 1.78. The molecule has 0 aromatic heterocycles. The minimum Gasteiger partial charge on any atom is -0.370 e. The summed E-state index contributed by atoms with van der Waals surface area (Å²) in [5.41, 5.74) is 7.64. The topological polar surface area (TPSA) is 53.0 Å². The maximum absolute atomic E-state index is 8.87. The molecule has 0 spiro atoms. The third kappa shape index (κ3) is 3.72. The third-order valence-corrected chi connectivity index (χ3v) is 3.61. The smallest absolute Gasteiger partial charge is 0.0992 e. The molecule has 0 bridgehead atoms. The largest absolute Gasteiger partial charge is 0.370 e. The van der Waals surface area contributed by atoms with Crippen LogP contribution in [0.4, 0.5) is 5.69 Å². The Morgan fingerprint density at radius 2 is 2.11 bits per heavy atom. The number of hydrogen-bond donors (Lipinski definition) is 1. The van der Waals surface area contributed by atoms with E-state index in [1.807, 2.05) is 18.2 Å². The second-order valence-corrected chi connectivity index (χ2v) is 6.01. The number of benzene rings is 1. The minimum atomic E-state index is 0.0728. The number of rotatable bonds is 5. The molecule has 3 nitrogen and oxygen atoms in total. The van der Waals surface area contributed by atoms with Gasteiger partial charge in [0.15, 0.2) is 0 Å². The average molecular weight is 310 g/mol. The van der Waals surface area contributed by atoms with Gasteiger partial charge < -0.3 is 10.6 Å². The number of nitriles is 1. The van der Waals surface area contributed by atoms with E-state index in [0.29, 0.717) is 12.1 Å². The molecule has 0 heterocycles. The lowest BCUT2D eigenvalue weighted by Gasteiger charge is -2.33. The molecule has 1 rings (SSSR count). The summed E-state index contributed by atoms with van der Waals surface area (Å²) in [4.78, 5) is 2.28. The molecule has 0 aliphatic rings. The van der Waals surface area contributed by atoms with Gasteiger partial charge in [0.25, 0.3) is 0 Å². The van der Waals surface area contributed by atoms with Crippen molar-refractivity contribution in [2.75, 3.05) is 24.5 Å². The second-order valence-electron chi connectivity index (χ2n) is 5.16. The van der Waals surface area contributed by atoms with Crippen LogP contribution in [0.3, 0.4) is 0 Å². The van der Waals surface area contributed by atoms with Gasteiger partial charge in [-0.15, -0.1) is 0 Å². The molecule has 0 fully saturated rings. The molecular formula is C14H20BrN3.